The van der Waals surface area contributed by atoms with Gasteiger partial charge in [-0.25, -0.2) is 4.79 Å². The van der Waals surface area contributed by atoms with Gasteiger partial charge >= 0.3 is 6.09 Å². The first-order chi connectivity index (χ1) is 12.3. The molecule has 5 heteroatoms. The zero-order valence-electron chi connectivity index (χ0n) is 15.5. The Kier molecular flexibility index (Phi) is 9.19. The number of nitrogens with one attached hydrogen (secondary N) is 1. The Labute approximate surface area is 151 Å². The number of carbonyl (C=O) groups excluding carboxylic acids is 1. The third-order valence-corrected chi connectivity index (χ3v) is 4.46. The van der Waals surface area contributed by atoms with Crippen LogP contribution in [-0.4, -0.2) is 43.8 Å². The largest absolute Gasteiger partial charge is 0.492 e. The Morgan fingerprint density at radius 2 is 1.80 bits per heavy atom. The van der Waals surface area contributed by atoms with Crippen molar-refractivity contribution in [3.05, 3.63) is 24.3 Å². The fourth-order valence-corrected chi connectivity index (χ4v) is 2.96. The van der Waals surface area contributed by atoms with Crippen LogP contribution in [0.3, 0.4) is 0 Å². The molecule has 0 bridgehead atoms. The number of nitrogens with zero attached hydrogens (tertiary/aromatic N) is 1. The van der Waals surface area contributed by atoms with Crippen LogP contribution in [0.25, 0.3) is 0 Å². The minimum Gasteiger partial charge on any atom is -0.492 e. The van der Waals surface area contributed by atoms with Gasteiger partial charge in [0.05, 0.1) is 6.61 Å². The van der Waals surface area contributed by atoms with Crippen LogP contribution in [0.4, 0.5) is 10.5 Å². The molecule has 1 saturated heterocycles. The maximum atomic E-state index is 11.7. The highest BCUT2D eigenvalue weighted by molar-refractivity contribution is 5.84. The van der Waals surface area contributed by atoms with E-state index in [0.717, 1.165) is 30.8 Å². The standard InChI is InChI=1S/C20H32N2O3/c1-2-3-4-8-16-25-20(23)21-18-9-11-19(12-10-18)24-17-15-22-13-6-5-7-14-22/h9-12H,2-8,13-17H2,1H3,(H,21,23). The summed E-state index contributed by atoms with van der Waals surface area (Å²) in [4.78, 5) is 14.2. The van der Waals surface area contributed by atoms with Gasteiger partial charge in [-0.3, -0.25) is 10.2 Å². The quantitative estimate of drug-likeness (QED) is 0.624. The van der Waals surface area contributed by atoms with Gasteiger partial charge in [0.2, 0.25) is 0 Å². The van der Waals surface area contributed by atoms with Gasteiger partial charge in [-0.15, -0.1) is 0 Å². The van der Waals surface area contributed by atoms with E-state index in [4.69, 9.17) is 9.47 Å². The predicted octanol–water partition coefficient (Wildman–Crippen LogP) is 4.68. The molecule has 1 aromatic carbocycles. The highest BCUT2D eigenvalue weighted by atomic mass is 16.5. The Morgan fingerprint density at radius 1 is 1.04 bits per heavy atom. The summed E-state index contributed by atoms with van der Waals surface area (Å²) in [5.41, 5.74) is 0.724. The normalized spacial score (nSPS) is 14.9. The van der Waals surface area contributed by atoms with E-state index in [-0.39, 0.29) is 0 Å². The fraction of sp³-hybridized carbons (Fsp3) is 0.650. The smallest absolute Gasteiger partial charge is 0.411 e. The Hall–Kier alpha value is -1.75. The van der Waals surface area contributed by atoms with Crippen molar-refractivity contribution in [1.29, 1.82) is 0 Å². The lowest BCUT2D eigenvalue weighted by atomic mass is 10.1. The Morgan fingerprint density at radius 3 is 2.52 bits per heavy atom. The second-order valence-electron chi connectivity index (χ2n) is 6.60. The molecule has 1 heterocycles. The minimum absolute atomic E-state index is 0.393. The van der Waals surface area contributed by atoms with Gasteiger partial charge in [0.1, 0.15) is 12.4 Å². The maximum Gasteiger partial charge on any atom is 0.411 e. The number of hydrogen-bond acceptors (Lipinski definition) is 4. The van der Waals surface area contributed by atoms with E-state index in [1.807, 2.05) is 24.3 Å². The number of unbranched alkanes of at least 4 members (excludes halogenated alkanes) is 3. The van der Waals surface area contributed by atoms with E-state index in [9.17, 15) is 4.79 Å². The Balaban J connectivity index is 1.61. The summed E-state index contributed by atoms with van der Waals surface area (Å²) < 4.78 is 11.0. The molecule has 1 N–H and O–H groups in total. The van der Waals surface area contributed by atoms with Gasteiger partial charge in [0.15, 0.2) is 0 Å². The predicted molar refractivity (Wildman–Crippen MR) is 101 cm³/mol. The highest BCUT2D eigenvalue weighted by Crippen LogP contribution is 2.16. The molecule has 5 nitrogen and oxygen atoms in total. The third-order valence-electron chi connectivity index (χ3n) is 4.46. The number of rotatable bonds is 10. The summed E-state index contributed by atoms with van der Waals surface area (Å²) in [6.07, 6.45) is 7.95. The van der Waals surface area contributed by atoms with E-state index in [0.29, 0.717) is 13.2 Å². The molecular formula is C20H32N2O3. The van der Waals surface area contributed by atoms with Crippen molar-refractivity contribution in [1.82, 2.24) is 4.90 Å². The topological polar surface area (TPSA) is 50.8 Å². The molecule has 1 amide bonds. The summed E-state index contributed by atoms with van der Waals surface area (Å²) in [6, 6.07) is 7.45. The van der Waals surface area contributed by atoms with E-state index in [1.165, 1.54) is 45.2 Å². The average Bonchev–Trinajstić information content (AvgIpc) is 2.64. The van der Waals surface area contributed by atoms with Gasteiger partial charge in [-0.2, -0.15) is 0 Å². The van der Waals surface area contributed by atoms with Crippen molar-refractivity contribution in [2.75, 3.05) is 38.2 Å². The molecule has 140 valence electrons. The number of ether oxygens (including phenoxy) is 2. The van der Waals surface area contributed by atoms with Crippen LogP contribution in [0.1, 0.15) is 51.9 Å². The third kappa shape index (κ3) is 8.25. The van der Waals surface area contributed by atoms with E-state index >= 15 is 0 Å². The molecule has 1 aliphatic rings. The molecule has 0 spiro atoms. The number of likely N-dealkylation sites (tertiary alicyclic amines) is 1. The SMILES string of the molecule is CCCCCCOC(=O)Nc1ccc(OCCN2CCCCC2)cc1. The minimum atomic E-state index is -0.393. The zero-order chi connectivity index (χ0) is 17.7. The molecule has 0 aromatic heterocycles. The maximum absolute atomic E-state index is 11.7. The van der Waals surface area contributed by atoms with Crippen LogP contribution in [0.2, 0.25) is 0 Å². The average molecular weight is 348 g/mol. The summed E-state index contributed by atoms with van der Waals surface area (Å²) in [5, 5.41) is 2.74. The lowest BCUT2D eigenvalue weighted by molar-refractivity contribution is 0.159. The summed E-state index contributed by atoms with van der Waals surface area (Å²) >= 11 is 0. The summed E-state index contributed by atoms with van der Waals surface area (Å²) in [6.45, 7) is 6.69. The van der Waals surface area contributed by atoms with Gasteiger partial charge in [-0.1, -0.05) is 32.6 Å². The van der Waals surface area contributed by atoms with Gasteiger partial charge in [-0.05, 0) is 56.6 Å². The molecule has 1 aromatic rings. The van der Waals surface area contributed by atoms with Crippen molar-refractivity contribution >= 4 is 11.8 Å². The highest BCUT2D eigenvalue weighted by Gasteiger charge is 2.09. The van der Waals surface area contributed by atoms with E-state index < -0.39 is 6.09 Å². The molecule has 1 fully saturated rings. The van der Waals surface area contributed by atoms with E-state index in [1.54, 1.807) is 0 Å². The molecule has 1 aliphatic heterocycles. The molecule has 0 unspecified atom stereocenters. The van der Waals surface area contributed by atoms with Gasteiger partial charge in [0, 0.05) is 12.2 Å². The first kappa shape index (κ1) is 19.6. The van der Waals surface area contributed by atoms with Crippen molar-refractivity contribution < 1.29 is 14.3 Å². The summed E-state index contributed by atoms with van der Waals surface area (Å²) in [5.74, 6) is 0.829. The molecule has 0 radical (unpaired) electrons. The van der Waals surface area contributed by atoms with Crippen LogP contribution in [-0.2, 0) is 4.74 Å². The van der Waals surface area contributed by atoms with Crippen molar-refractivity contribution in [2.24, 2.45) is 0 Å². The number of anilines is 1. The first-order valence-electron chi connectivity index (χ1n) is 9.67. The van der Waals surface area contributed by atoms with Crippen molar-refractivity contribution in [3.63, 3.8) is 0 Å². The number of benzene rings is 1. The van der Waals surface area contributed by atoms with Crippen molar-refractivity contribution in [3.8, 4) is 5.75 Å². The lowest BCUT2D eigenvalue weighted by Gasteiger charge is -2.26. The summed E-state index contributed by atoms with van der Waals surface area (Å²) in [7, 11) is 0. The number of hydrogen-bond donors (Lipinski definition) is 1. The zero-order valence-corrected chi connectivity index (χ0v) is 15.5. The lowest BCUT2D eigenvalue weighted by Crippen LogP contribution is -2.33. The molecule has 0 atom stereocenters. The van der Waals surface area contributed by atoms with Crippen LogP contribution in [0.15, 0.2) is 24.3 Å². The number of piperidine rings is 1. The van der Waals surface area contributed by atoms with Crippen molar-refractivity contribution in [2.45, 2.75) is 51.9 Å². The molecule has 0 saturated carbocycles. The van der Waals surface area contributed by atoms with Gasteiger partial charge in [0.25, 0.3) is 0 Å². The fourth-order valence-electron chi connectivity index (χ4n) is 2.96. The second kappa shape index (κ2) is 11.7. The van der Waals surface area contributed by atoms with Gasteiger partial charge < -0.3 is 9.47 Å². The van der Waals surface area contributed by atoms with E-state index in [2.05, 4.69) is 17.1 Å². The van der Waals surface area contributed by atoms with Crippen LogP contribution < -0.4 is 10.1 Å². The molecule has 25 heavy (non-hydrogen) atoms. The van der Waals surface area contributed by atoms with Crippen LogP contribution in [0, 0.1) is 0 Å². The molecule has 0 aliphatic carbocycles. The second-order valence-corrected chi connectivity index (χ2v) is 6.60. The first-order valence-corrected chi connectivity index (χ1v) is 9.67. The monoisotopic (exact) mass is 348 g/mol. The molecular weight excluding hydrogens is 316 g/mol. The Bertz CT molecular complexity index is 484. The number of carbonyl (C=O) groups is 1. The number of amides is 1. The van der Waals surface area contributed by atoms with Crippen LogP contribution in [0.5, 0.6) is 5.75 Å². The molecule has 2 rings (SSSR count). The van der Waals surface area contributed by atoms with Crippen LogP contribution >= 0.6 is 0 Å².